The predicted molar refractivity (Wildman–Crippen MR) is 591 cm³/mol. The van der Waals surface area contributed by atoms with Gasteiger partial charge in [0.25, 0.3) is 0 Å². The zero-order chi connectivity index (χ0) is 97.5. The van der Waals surface area contributed by atoms with Gasteiger partial charge in [0.15, 0.2) is 87.9 Å². The van der Waals surface area contributed by atoms with Gasteiger partial charge in [0, 0.05) is 94.6 Å². The summed E-state index contributed by atoms with van der Waals surface area (Å²) >= 11 is 0. The first-order valence-corrected chi connectivity index (χ1v) is 49.5. The fraction of sp³-hybridized carbons (Fsp3) is 0.352. The lowest BCUT2D eigenvalue weighted by Gasteiger charge is -2.16. The number of benzene rings is 11. The largest absolute Gasteiger partial charge is 0.358 e. The second-order valence-corrected chi connectivity index (χ2v) is 40.4. The van der Waals surface area contributed by atoms with E-state index >= 15 is 0 Å². The number of rotatable bonds is 25. The molecule has 0 aliphatic rings. The Morgan fingerprint density at radius 1 is 0.179 bits per heavy atom. The second-order valence-electron chi connectivity index (χ2n) is 40.4. The highest BCUT2D eigenvalue weighted by Crippen LogP contribution is 2.39. The van der Waals surface area contributed by atoms with Crippen LogP contribution in [0.4, 0.5) is 0 Å². The number of hydrogen-bond acceptors (Lipinski definition) is 5. The Kier molecular flexibility index (Phi) is 41.8. The molecule has 0 unspecified atom stereocenters. The molecule has 0 atom stereocenters. The number of nitrogens with zero attached hydrogens (tertiary/aromatic N) is 15. The Morgan fingerprint density at radius 2 is 0.343 bits per heavy atom. The molecule has 0 saturated carbocycles. The lowest BCUT2D eigenvalue weighted by atomic mass is 9.92. The fourth-order valence-electron chi connectivity index (χ4n) is 18.2. The predicted octanol–water partition coefficient (Wildman–Crippen LogP) is 31.1. The zero-order valence-corrected chi connectivity index (χ0v) is 91.5. The van der Waals surface area contributed by atoms with E-state index in [9.17, 15) is 0 Å². The molecular weight excluding hydrogens is 1710 g/mol. The van der Waals surface area contributed by atoms with E-state index in [0.29, 0.717) is 83.1 Å². The molecule has 742 valence electrons. The SMILES string of the molecule is CC(C)c1cccc(C(C)C)c1-[n+]1cc(-c2ccccc2)n(C(C)C)n1.CC(C)c1cccc(C(C)C)c1-[n+]1cc(-c2ccccc2)n(C(C)C)n1.CC(C)c1cccc(C(C)C)c1-[n+]1cc(-c2ccccc2)n(C)n1.CC(C)c1cccc(C(C)C)c1-[n+]1cc(-c2ccccc2)n(C)n1.CC(C)c1cccc(C(C)C)c1-n1n[n+](-c2c(C(C)C)cccc2C(C)C)cc1-c1ccccc1.[CH3-].[CH3-].[CH3-].[CH3-].[CH3-]. The van der Waals surface area contributed by atoms with E-state index in [4.69, 9.17) is 26.1 Å². The summed E-state index contributed by atoms with van der Waals surface area (Å²) < 4.78 is 20.8. The first kappa shape index (κ1) is 114. The third kappa shape index (κ3) is 26.2. The molecule has 0 N–H and O–H groups in total. The van der Waals surface area contributed by atoms with E-state index in [1.807, 2.05) is 45.0 Å². The van der Waals surface area contributed by atoms with Gasteiger partial charge >= 0.3 is 0 Å². The van der Waals surface area contributed by atoms with Crippen molar-refractivity contribution in [2.24, 2.45) is 14.1 Å². The van der Waals surface area contributed by atoms with Crippen LogP contribution in [0.1, 0.15) is 344 Å². The molecule has 0 radical (unpaired) electrons. The van der Waals surface area contributed by atoms with Crippen molar-refractivity contribution < 1.29 is 23.4 Å². The molecule has 15 heteroatoms. The molecule has 0 spiro atoms. The van der Waals surface area contributed by atoms with Gasteiger partial charge in [0.1, 0.15) is 31.4 Å². The van der Waals surface area contributed by atoms with E-state index < -0.39 is 0 Å². The number of aromatic nitrogens is 15. The standard InChI is InChI=1S/C32H40N3.2C23H30N3.2C21H26N3.5CH3/c1-21(2)26-16-12-17-27(22(3)4)31(26)34-20-30(25-14-10-9-11-15-25)35(33-34)32-28(23(5)6)18-13-19-29(32)24(7)8;2*1-16(2)20-13-10-14-21(17(3)4)23(20)25-15-22(26(24-25)18(5)6)19-11-8-7-9-12-19;2*1-15(2)18-12-9-13-19(16(3)4)21(18)24-14-20(23(5)22-24)17-10-7-6-8-11-17;;;;;/h9-24H,1-8H3;2*7-18H,1-6H3;2*6-16H,1-5H3;5*1H3/q5*+1;5*-1. The highest BCUT2D eigenvalue weighted by molar-refractivity contribution is 5.65. The second kappa shape index (κ2) is 51.3. The number of hydrogen-bond donors (Lipinski definition) is 0. The molecule has 5 aromatic heterocycles. The summed E-state index contributed by atoms with van der Waals surface area (Å²) in [7, 11) is 4.01. The Morgan fingerprint density at radius 3 is 0.543 bits per heavy atom. The van der Waals surface area contributed by atoms with Gasteiger partial charge in [-0.2, -0.15) is 0 Å². The lowest BCUT2D eigenvalue weighted by Crippen LogP contribution is -2.36. The highest BCUT2D eigenvalue weighted by Gasteiger charge is 2.34. The average Bonchev–Trinajstić information content (AvgIpc) is 1.59. The highest BCUT2D eigenvalue weighted by atomic mass is 15.5. The minimum absolute atomic E-state index is 0. The maximum absolute atomic E-state index is 5.33. The molecular formula is C125H167N15. The smallest absolute Gasteiger partial charge is 0.205 e. The Labute approximate surface area is 844 Å². The van der Waals surface area contributed by atoms with Crippen LogP contribution in [-0.2, 0) is 14.1 Å². The molecule has 0 bridgehead atoms. The van der Waals surface area contributed by atoms with Gasteiger partial charge in [0.2, 0.25) is 5.69 Å². The molecule has 16 rings (SSSR count). The lowest BCUT2D eigenvalue weighted by molar-refractivity contribution is -0.663. The van der Waals surface area contributed by atoms with Crippen LogP contribution in [0.15, 0.2) is 292 Å². The summed E-state index contributed by atoms with van der Waals surface area (Å²) in [5, 5.41) is 24.8. The van der Waals surface area contributed by atoms with E-state index in [2.05, 4.69) is 502 Å². The van der Waals surface area contributed by atoms with Gasteiger partial charge in [-0.15, -0.1) is 42.1 Å². The third-order valence-electron chi connectivity index (χ3n) is 25.4. The van der Waals surface area contributed by atoms with Gasteiger partial charge < -0.3 is 37.1 Å². The molecule has 11 aromatic carbocycles. The Balaban J connectivity index is 0.000000238. The van der Waals surface area contributed by atoms with Gasteiger partial charge in [0.05, 0.1) is 20.9 Å². The maximum atomic E-state index is 5.33. The van der Waals surface area contributed by atoms with E-state index in [0.717, 1.165) is 28.5 Å². The van der Waals surface area contributed by atoms with Crippen LogP contribution in [-0.4, -0.2) is 49.5 Å². The van der Waals surface area contributed by atoms with Crippen LogP contribution in [0.3, 0.4) is 0 Å². The van der Waals surface area contributed by atoms with Gasteiger partial charge in [-0.3, -0.25) is 0 Å². The van der Waals surface area contributed by atoms with Crippen molar-refractivity contribution in [1.29, 1.82) is 0 Å². The van der Waals surface area contributed by atoms with E-state index in [1.165, 1.54) is 129 Å². The van der Waals surface area contributed by atoms with Crippen molar-refractivity contribution in [2.75, 3.05) is 0 Å². The van der Waals surface area contributed by atoms with Crippen molar-refractivity contribution in [3.8, 4) is 90.4 Å². The molecule has 0 aliphatic heterocycles. The molecule has 16 aromatic rings. The van der Waals surface area contributed by atoms with E-state index in [-0.39, 0.29) is 37.1 Å². The first-order chi connectivity index (χ1) is 64.5. The summed E-state index contributed by atoms with van der Waals surface area (Å²) in [4.78, 5) is 0. The topological polar surface area (TPSA) is 108 Å². The minimum atomic E-state index is 0. The van der Waals surface area contributed by atoms with Crippen molar-refractivity contribution in [3.63, 3.8) is 0 Å². The summed E-state index contributed by atoms with van der Waals surface area (Å²) in [5.74, 6) is 5.16. The van der Waals surface area contributed by atoms with Gasteiger partial charge in [-0.05, 0) is 98.7 Å². The average molecular weight is 1880 g/mol. The van der Waals surface area contributed by atoms with Crippen LogP contribution in [0.5, 0.6) is 0 Å². The Bertz CT molecular complexity index is 6070. The van der Waals surface area contributed by atoms with Crippen molar-refractivity contribution >= 4 is 0 Å². The normalized spacial score (nSPS) is 11.3. The molecule has 140 heavy (non-hydrogen) atoms. The van der Waals surface area contributed by atoms with Crippen LogP contribution >= 0.6 is 0 Å². The summed E-state index contributed by atoms with van der Waals surface area (Å²) in [6.07, 6.45) is 10.9. The molecule has 0 fully saturated rings. The molecule has 5 heterocycles. The summed E-state index contributed by atoms with van der Waals surface area (Å²) in [6.45, 7) is 62.8. The van der Waals surface area contributed by atoms with Crippen LogP contribution in [0, 0.1) is 37.1 Å². The molecule has 0 aliphatic carbocycles. The van der Waals surface area contributed by atoms with Crippen molar-refractivity contribution in [2.45, 2.75) is 277 Å². The summed E-state index contributed by atoms with van der Waals surface area (Å²) in [5.41, 5.74) is 34.9. The number of aryl methyl sites for hydroxylation is 2. The molecule has 0 saturated heterocycles. The third-order valence-corrected chi connectivity index (χ3v) is 25.4. The quantitative estimate of drug-likeness (QED) is 0.0418. The van der Waals surface area contributed by atoms with Crippen molar-refractivity contribution in [1.82, 2.24) is 49.5 Å². The van der Waals surface area contributed by atoms with Crippen LogP contribution < -0.4 is 23.4 Å². The summed E-state index contributed by atoms with van der Waals surface area (Å²) in [6, 6.07) is 93.0. The molecule has 0 amide bonds. The van der Waals surface area contributed by atoms with Crippen molar-refractivity contribution in [3.05, 3.63) is 396 Å². The Hall–Kier alpha value is -12.9. The van der Waals surface area contributed by atoms with Crippen LogP contribution in [0.25, 0.3) is 90.4 Å². The van der Waals surface area contributed by atoms with E-state index in [1.54, 1.807) is 0 Å². The minimum Gasteiger partial charge on any atom is -0.358 e. The fourth-order valence-corrected chi connectivity index (χ4v) is 18.2. The maximum Gasteiger partial charge on any atom is 0.205 e. The van der Waals surface area contributed by atoms with Gasteiger partial charge in [-0.25, -0.2) is 0 Å². The molecule has 15 nitrogen and oxygen atoms in total. The number of para-hydroxylation sites is 6. The first-order valence-electron chi connectivity index (χ1n) is 49.5. The zero-order valence-electron chi connectivity index (χ0n) is 91.5. The monoisotopic (exact) mass is 1880 g/mol. The van der Waals surface area contributed by atoms with Crippen LogP contribution in [0.2, 0.25) is 0 Å². The van der Waals surface area contributed by atoms with Gasteiger partial charge in [-0.1, -0.05) is 432 Å².